The van der Waals surface area contributed by atoms with E-state index >= 15 is 0 Å². The van der Waals surface area contributed by atoms with Gasteiger partial charge in [0.1, 0.15) is 11.5 Å². The van der Waals surface area contributed by atoms with Gasteiger partial charge in [-0.2, -0.15) is 0 Å². The van der Waals surface area contributed by atoms with Crippen LogP contribution in [0.15, 0.2) is 54.6 Å². The Bertz CT molecular complexity index is 1050. The van der Waals surface area contributed by atoms with E-state index in [2.05, 4.69) is 17.4 Å². The highest BCUT2D eigenvalue weighted by Crippen LogP contribution is 2.38. The Hall–Kier alpha value is -3.27. The second-order valence-electron chi connectivity index (χ2n) is 6.28. The standard InChI is InChI=1S/C23H21NO3/c1-3-26-16-10-11-18-20(23(25)24-21(18)13-16)14-19-17-8-6-5-7-15(17)9-12-22(19)27-4-2/h5-14H,3-4H2,1-2H3,(H,24,25). The van der Waals surface area contributed by atoms with Gasteiger partial charge >= 0.3 is 0 Å². The fourth-order valence-electron chi connectivity index (χ4n) is 3.42. The van der Waals surface area contributed by atoms with Crippen LogP contribution in [0.4, 0.5) is 5.69 Å². The third kappa shape index (κ3) is 3.14. The summed E-state index contributed by atoms with van der Waals surface area (Å²) in [6.07, 6.45) is 1.93. The molecule has 0 radical (unpaired) electrons. The Morgan fingerprint density at radius 3 is 2.59 bits per heavy atom. The van der Waals surface area contributed by atoms with E-state index in [1.54, 1.807) is 0 Å². The number of rotatable bonds is 5. The molecule has 0 atom stereocenters. The Balaban J connectivity index is 1.87. The first-order valence-electron chi connectivity index (χ1n) is 9.16. The van der Waals surface area contributed by atoms with Gasteiger partial charge in [-0.1, -0.05) is 30.3 Å². The molecule has 4 nitrogen and oxygen atoms in total. The van der Waals surface area contributed by atoms with Gasteiger partial charge in [-0.05, 0) is 48.9 Å². The average Bonchev–Trinajstić information content (AvgIpc) is 2.98. The molecule has 0 aromatic heterocycles. The topological polar surface area (TPSA) is 47.6 Å². The summed E-state index contributed by atoms with van der Waals surface area (Å²) in [7, 11) is 0. The summed E-state index contributed by atoms with van der Waals surface area (Å²) in [5, 5.41) is 5.11. The van der Waals surface area contributed by atoms with Gasteiger partial charge in [0.15, 0.2) is 0 Å². The van der Waals surface area contributed by atoms with Crippen molar-refractivity contribution in [3.63, 3.8) is 0 Å². The number of nitrogens with one attached hydrogen (secondary N) is 1. The first kappa shape index (κ1) is 17.2. The van der Waals surface area contributed by atoms with Gasteiger partial charge in [0.2, 0.25) is 0 Å². The number of ether oxygens (including phenoxy) is 2. The molecule has 0 aliphatic carbocycles. The van der Waals surface area contributed by atoms with Crippen molar-refractivity contribution in [1.29, 1.82) is 0 Å². The molecular formula is C23H21NO3. The predicted octanol–water partition coefficient (Wildman–Crippen LogP) is 5.13. The maximum Gasteiger partial charge on any atom is 0.256 e. The van der Waals surface area contributed by atoms with Crippen LogP contribution in [0.3, 0.4) is 0 Å². The van der Waals surface area contributed by atoms with Gasteiger partial charge < -0.3 is 14.8 Å². The number of fused-ring (bicyclic) bond motifs is 2. The second kappa shape index (κ2) is 7.16. The highest BCUT2D eigenvalue weighted by atomic mass is 16.5. The van der Waals surface area contributed by atoms with Crippen LogP contribution in [0.25, 0.3) is 22.4 Å². The van der Waals surface area contributed by atoms with E-state index < -0.39 is 0 Å². The van der Waals surface area contributed by atoms with E-state index in [1.807, 2.05) is 62.4 Å². The summed E-state index contributed by atoms with van der Waals surface area (Å²) < 4.78 is 11.4. The molecule has 1 N–H and O–H groups in total. The zero-order chi connectivity index (χ0) is 18.8. The van der Waals surface area contributed by atoms with E-state index in [0.717, 1.165) is 39.1 Å². The third-order valence-corrected chi connectivity index (χ3v) is 4.60. The van der Waals surface area contributed by atoms with Gasteiger partial charge in [-0.15, -0.1) is 0 Å². The quantitative estimate of drug-likeness (QED) is 0.643. The van der Waals surface area contributed by atoms with Crippen molar-refractivity contribution in [2.45, 2.75) is 13.8 Å². The van der Waals surface area contributed by atoms with E-state index in [-0.39, 0.29) is 5.91 Å². The average molecular weight is 359 g/mol. The molecule has 0 saturated carbocycles. The molecule has 3 aromatic carbocycles. The van der Waals surface area contributed by atoms with E-state index in [0.29, 0.717) is 18.8 Å². The molecule has 1 amide bonds. The summed E-state index contributed by atoms with van der Waals surface area (Å²) in [5.41, 5.74) is 3.20. The highest BCUT2D eigenvalue weighted by Gasteiger charge is 2.25. The molecule has 1 heterocycles. The van der Waals surface area contributed by atoms with Gasteiger partial charge in [0.25, 0.3) is 5.91 Å². The fraction of sp³-hybridized carbons (Fsp3) is 0.174. The molecule has 0 bridgehead atoms. The summed E-state index contributed by atoms with van der Waals surface area (Å²) in [4.78, 5) is 12.6. The molecule has 4 rings (SSSR count). The zero-order valence-corrected chi connectivity index (χ0v) is 15.4. The van der Waals surface area contributed by atoms with Crippen molar-refractivity contribution in [2.75, 3.05) is 18.5 Å². The van der Waals surface area contributed by atoms with Crippen LogP contribution in [0, 0.1) is 0 Å². The van der Waals surface area contributed by atoms with Gasteiger partial charge in [0, 0.05) is 22.8 Å². The molecule has 0 fully saturated rings. The molecule has 3 aromatic rings. The van der Waals surface area contributed by atoms with E-state index in [1.165, 1.54) is 0 Å². The summed E-state index contributed by atoms with van der Waals surface area (Å²) in [5.74, 6) is 1.41. The Kier molecular flexibility index (Phi) is 4.55. The van der Waals surface area contributed by atoms with Crippen LogP contribution in [-0.2, 0) is 4.79 Å². The van der Waals surface area contributed by atoms with Crippen LogP contribution in [0.1, 0.15) is 25.0 Å². The van der Waals surface area contributed by atoms with Crippen molar-refractivity contribution >= 4 is 34.0 Å². The number of amides is 1. The number of carbonyl (C=O) groups is 1. The molecule has 0 unspecified atom stereocenters. The minimum absolute atomic E-state index is 0.117. The number of hydrogen-bond donors (Lipinski definition) is 1. The number of anilines is 1. The van der Waals surface area contributed by atoms with Gasteiger partial charge in [-0.3, -0.25) is 4.79 Å². The first-order chi connectivity index (χ1) is 13.2. The lowest BCUT2D eigenvalue weighted by Crippen LogP contribution is -2.04. The van der Waals surface area contributed by atoms with E-state index in [9.17, 15) is 4.79 Å². The zero-order valence-electron chi connectivity index (χ0n) is 15.4. The van der Waals surface area contributed by atoms with Gasteiger partial charge in [0.05, 0.1) is 18.9 Å². The molecule has 0 spiro atoms. The number of benzene rings is 3. The highest BCUT2D eigenvalue weighted by molar-refractivity contribution is 6.35. The Morgan fingerprint density at radius 2 is 1.78 bits per heavy atom. The molecule has 0 saturated heterocycles. The predicted molar refractivity (Wildman–Crippen MR) is 109 cm³/mol. The van der Waals surface area contributed by atoms with E-state index in [4.69, 9.17) is 9.47 Å². The normalized spacial score (nSPS) is 14.3. The third-order valence-electron chi connectivity index (χ3n) is 4.60. The smallest absolute Gasteiger partial charge is 0.256 e. The maximum atomic E-state index is 12.6. The molecule has 4 heteroatoms. The number of carbonyl (C=O) groups excluding carboxylic acids is 1. The summed E-state index contributed by atoms with van der Waals surface area (Å²) >= 11 is 0. The van der Waals surface area contributed by atoms with Crippen LogP contribution < -0.4 is 14.8 Å². The molecule has 1 aliphatic rings. The fourth-order valence-corrected chi connectivity index (χ4v) is 3.42. The number of hydrogen-bond acceptors (Lipinski definition) is 3. The lowest BCUT2D eigenvalue weighted by atomic mass is 9.98. The largest absolute Gasteiger partial charge is 0.494 e. The first-order valence-corrected chi connectivity index (χ1v) is 9.16. The Morgan fingerprint density at radius 1 is 0.963 bits per heavy atom. The summed E-state index contributed by atoms with van der Waals surface area (Å²) in [6, 6.07) is 17.8. The lowest BCUT2D eigenvalue weighted by molar-refractivity contribution is -0.110. The monoisotopic (exact) mass is 359 g/mol. The summed E-state index contributed by atoms with van der Waals surface area (Å²) in [6.45, 7) is 5.05. The SMILES string of the molecule is CCOc1ccc2c(c1)NC(=O)C2=Cc1c(OCC)ccc2ccccc12. The Labute approximate surface area is 158 Å². The van der Waals surface area contributed by atoms with Crippen LogP contribution >= 0.6 is 0 Å². The van der Waals surface area contributed by atoms with Crippen LogP contribution in [0.5, 0.6) is 11.5 Å². The molecule has 1 aliphatic heterocycles. The van der Waals surface area contributed by atoms with Crippen LogP contribution in [0.2, 0.25) is 0 Å². The van der Waals surface area contributed by atoms with Crippen molar-refractivity contribution < 1.29 is 14.3 Å². The lowest BCUT2D eigenvalue weighted by Gasteiger charge is -2.11. The van der Waals surface area contributed by atoms with Crippen molar-refractivity contribution in [3.8, 4) is 11.5 Å². The van der Waals surface area contributed by atoms with Crippen LogP contribution in [-0.4, -0.2) is 19.1 Å². The maximum absolute atomic E-state index is 12.6. The molecule has 136 valence electrons. The minimum Gasteiger partial charge on any atom is -0.494 e. The molecule has 27 heavy (non-hydrogen) atoms. The molecular weight excluding hydrogens is 338 g/mol. The van der Waals surface area contributed by atoms with Crippen molar-refractivity contribution in [3.05, 3.63) is 65.7 Å². The van der Waals surface area contributed by atoms with Gasteiger partial charge in [-0.25, -0.2) is 0 Å². The van der Waals surface area contributed by atoms with Crippen molar-refractivity contribution in [1.82, 2.24) is 0 Å². The van der Waals surface area contributed by atoms with Crippen molar-refractivity contribution in [2.24, 2.45) is 0 Å². The minimum atomic E-state index is -0.117. The second-order valence-corrected chi connectivity index (χ2v) is 6.28.